The Bertz CT molecular complexity index is 800. The Labute approximate surface area is 158 Å². The van der Waals surface area contributed by atoms with Crippen molar-refractivity contribution < 1.29 is 19.1 Å². The number of carbonyl (C=O) groups excluding carboxylic acids is 2. The Hall–Kier alpha value is -2.70. The van der Waals surface area contributed by atoms with Crippen LogP contribution in [0.5, 0.6) is 0 Å². The van der Waals surface area contributed by atoms with E-state index >= 15 is 0 Å². The zero-order valence-electron chi connectivity index (χ0n) is 15.4. The van der Waals surface area contributed by atoms with Gasteiger partial charge in [-0.2, -0.15) is 0 Å². The Morgan fingerprint density at radius 1 is 1.15 bits per heavy atom. The van der Waals surface area contributed by atoms with E-state index in [1.807, 2.05) is 24.3 Å². The molecule has 3 rings (SSSR count). The number of benzene rings is 2. The molecule has 0 aliphatic carbocycles. The van der Waals surface area contributed by atoms with Crippen LogP contribution in [0, 0.1) is 0 Å². The monoisotopic (exact) mass is 368 g/mol. The Morgan fingerprint density at radius 3 is 2.74 bits per heavy atom. The second-order valence-corrected chi connectivity index (χ2v) is 6.51. The fourth-order valence-electron chi connectivity index (χ4n) is 3.03. The minimum absolute atomic E-state index is 0.167. The normalized spacial score (nSPS) is 16.1. The molecule has 0 aromatic heterocycles. The van der Waals surface area contributed by atoms with Gasteiger partial charge in [0, 0.05) is 31.5 Å². The third-order valence-electron chi connectivity index (χ3n) is 4.37. The number of carbonyl (C=O) groups is 2. The molecule has 0 saturated carbocycles. The van der Waals surface area contributed by atoms with Gasteiger partial charge in [0.05, 0.1) is 6.61 Å². The van der Waals surface area contributed by atoms with Gasteiger partial charge in [0.1, 0.15) is 6.10 Å². The highest BCUT2D eigenvalue weighted by Crippen LogP contribution is 2.16. The molecular weight excluding hydrogens is 344 g/mol. The van der Waals surface area contributed by atoms with Crippen LogP contribution in [0.1, 0.15) is 34.3 Å². The molecule has 27 heavy (non-hydrogen) atoms. The summed E-state index contributed by atoms with van der Waals surface area (Å²) in [5.74, 6) is -0.361. The third-order valence-corrected chi connectivity index (χ3v) is 4.37. The average molecular weight is 368 g/mol. The maximum atomic E-state index is 12.4. The molecule has 1 saturated heterocycles. The van der Waals surface area contributed by atoms with Gasteiger partial charge in [-0.25, -0.2) is 0 Å². The largest absolute Gasteiger partial charge is 0.380 e. The number of hydrogen-bond acceptors (Lipinski definition) is 4. The van der Waals surface area contributed by atoms with E-state index < -0.39 is 6.10 Å². The Balaban J connectivity index is 1.58. The van der Waals surface area contributed by atoms with E-state index in [4.69, 9.17) is 9.47 Å². The van der Waals surface area contributed by atoms with Gasteiger partial charge in [-0.1, -0.05) is 30.3 Å². The molecule has 2 N–H and O–H groups in total. The van der Waals surface area contributed by atoms with Crippen LogP contribution in [-0.2, 0) is 27.4 Å². The number of methoxy groups -OCH3 is 1. The van der Waals surface area contributed by atoms with E-state index in [1.54, 1.807) is 31.4 Å². The summed E-state index contributed by atoms with van der Waals surface area (Å²) in [6.45, 7) is 1.57. The van der Waals surface area contributed by atoms with Gasteiger partial charge in [0.2, 0.25) is 0 Å². The third kappa shape index (κ3) is 5.39. The van der Waals surface area contributed by atoms with Crippen LogP contribution >= 0.6 is 0 Å². The minimum Gasteiger partial charge on any atom is -0.380 e. The van der Waals surface area contributed by atoms with Crippen LogP contribution in [0.4, 0.5) is 5.69 Å². The van der Waals surface area contributed by atoms with Crippen molar-refractivity contribution in [2.24, 2.45) is 0 Å². The summed E-state index contributed by atoms with van der Waals surface area (Å²) in [5, 5.41) is 5.72. The number of hydrogen-bond donors (Lipinski definition) is 2. The van der Waals surface area contributed by atoms with Gasteiger partial charge in [-0.05, 0) is 42.2 Å². The highest BCUT2D eigenvalue weighted by Gasteiger charge is 2.23. The van der Waals surface area contributed by atoms with Gasteiger partial charge in [-0.3, -0.25) is 9.59 Å². The van der Waals surface area contributed by atoms with E-state index in [9.17, 15) is 9.59 Å². The highest BCUT2D eigenvalue weighted by molar-refractivity contribution is 5.98. The number of rotatable bonds is 7. The first-order chi connectivity index (χ1) is 13.2. The van der Waals surface area contributed by atoms with Gasteiger partial charge in [0.15, 0.2) is 0 Å². The molecule has 2 aromatic rings. The van der Waals surface area contributed by atoms with Gasteiger partial charge < -0.3 is 20.1 Å². The summed E-state index contributed by atoms with van der Waals surface area (Å²) in [6.07, 6.45) is 1.22. The fourth-order valence-corrected chi connectivity index (χ4v) is 3.03. The molecule has 1 unspecified atom stereocenters. The first-order valence-corrected chi connectivity index (χ1v) is 9.03. The maximum Gasteiger partial charge on any atom is 0.253 e. The molecule has 0 bridgehead atoms. The van der Waals surface area contributed by atoms with E-state index in [-0.39, 0.29) is 11.8 Å². The summed E-state index contributed by atoms with van der Waals surface area (Å²) in [6, 6.07) is 14.8. The topological polar surface area (TPSA) is 76.7 Å². The summed E-state index contributed by atoms with van der Waals surface area (Å²) in [4.78, 5) is 24.6. The smallest absolute Gasteiger partial charge is 0.253 e. The van der Waals surface area contributed by atoms with Crippen molar-refractivity contribution in [3.8, 4) is 0 Å². The standard InChI is InChI=1S/C21H24N2O4/c1-26-14-16-6-2-5-15(11-16)13-22-20(24)17-7-3-8-18(12-17)23-21(25)19-9-4-10-27-19/h2-3,5-8,11-12,19H,4,9-10,13-14H2,1H3,(H,22,24)(H,23,25). The molecule has 6 nitrogen and oxygen atoms in total. The summed E-state index contributed by atoms with van der Waals surface area (Å²) in [7, 11) is 1.65. The zero-order chi connectivity index (χ0) is 19.1. The minimum atomic E-state index is -0.401. The molecule has 1 atom stereocenters. The summed E-state index contributed by atoms with van der Waals surface area (Å²) < 4.78 is 10.5. The lowest BCUT2D eigenvalue weighted by Gasteiger charge is -2.12. The number of anilines is 1. The van der Waals surface area contributed by atoms with Crippen LogP contribution in [0.15, 0.2) is 48.5 Å². The molecule has 1 aliphatic heterocycles. The second kappa shape index (κ2) is 9.30. The second-order valence-electron chi connectivity index (χ2n) is 6.51. The summed E-state index contributed by atoms with van der Waals surface area (Å²) in [5.41, 5.74) is 3.14. The van der Waals surface area contributed by atoms with Crippen molar-refractivity contribution in [2.75, 3.05) is 19.0 Å². The van der Waals surface area contributed by atoms with Crippen molar-refractivity contribution in [3.05, 3.63) is 65.2 Å². The molecule has 142 valence electrons. The van der Waals surface area contributed by atoms with Crippen molar-refractivity contribution in [2.45, 2.75) is 32.1 Å². The van der Waals surface area contributed by atoms with E-state index in [0.717, 1.165) is 24.0 Å². The van der Waals surface area contributed by atoms with Gasteiger partial charge in [0.25, 0.3) is 11.8 Å². The maximum absolute atomic E-state index is 12.4. The van der Waals surface area contributed by atoms with Crippen molar-refractivity contribution in [1.29, 1.82) is 0 Å². The molecule has 2 aromatic carbocycles. The van der Waals surface area contributed by atoms with Crippen LogP contribution < -0.4 is 10.6 Å². The molecular formula is C21H24N2O4. The van der Waals surface area contributed by atoms with Crippen LogP contribution in [0.3, 0.4) is 0 Å². The first-order valence-electron chi connectivity index (χ1n) is 9.03. The first kappa shape index (κ1) is 19.1. The lowest BCUT2D eigenvalue weighted by molar-refractivity contribution is -0.124. The summed E-state index contributed by atoms with van der Waals surface area (Å²) >= 11 is 0. The Kier molecular flexibility index (Phi) is 6.57. The lowest BCUT2D eigenvalue weighted by atomic mass is 10.1. The predicted octanol–water partition coefficient (Wildman–Crippen LogP) is 2.88. The quantitative estimate of drug-likeness (QED) is 0.788. The molecule has 0 radical (unpaired) electrons. The zero-order valence-corrected chi connectivity index (χ0v) is 15.4. The average Bonchev–Trinajstić information content (AvgIpc) is 3.22. The van der Waals surface area contributed by atoms with Gasteiger partial charge in [-0.15, -0.1) is 0 Å². The fraction of sp³-hybridized carbons (Fsp3) is 0.333. The van der Waals surface area contributed by atoms with Crippen LogP contribution in [-0.4, -0.2) is 31.6 Å². The van der Waals surface area contributed by atoms with E-state index in [2.05, 4.69) is 10.6 Å². The van der Waals surface area contributed by atoms with Crippen LogP contribution in [0.25, 0.3) is 0 Å². The molecule has 6 heteroatoms. The SMILES string of the molecule is COCc1cccc(CNC(=O)c2cccc(NC(=O)C3CCCO3)c2)c1. The Morgan fingerprint density at radius 2 is 1.96 bits per heavy atom. The van der Waals surface area contributed by atoms with Crippen molar-refractivity contribution >= 4 is 17.5 Å². The number of nitrogens with one attached hydrogen (secondary N) is 2. The van der Waals surface area contributed by atoms with E-state index in [1.165, 1.54) is 0 Å². The highest BCUT2D eigenvalue weighted by atomic mass is 16.5. The molecule has 1 heterocycles. The van der Waals surface area contributed by atoms with Crippen molar-refractivity contribution in [1.82, 2.24) is 5.32 Å². The molecule has 0 spiro atoms. The molecule has 1 fully saturated rings. The van der Waals surface area contributed by atoms with Gasteiger partial charge >= 0.3 is 0 Å². The van der Waals surface area contributed by atoms with Crippen LogP contribution in [0.2, 0.25) is 0 Å². The predicted molar refractivity (Wildman–Crippen MR) is 102 cm³/mol. The van der Waals surface area contributed by atoms with Crippen molar-refractivity contribution in [3.63, 3.8) is 0 Å². The molecule has 1 aliphatic rings. The van der Waals surface area contributed by atoms with E-state index in [0.29, 0.717) is 31.0 Å². The number of ether oxygens (including phenoxy) is 2. The lowest BCUT2D eigenvalue weighted by Crippen LogP contribution is -2.27. The number of amides is 2. The molecule has 2 amide bonds.